The van der Waals surface area contributed by atoms with Gasteiger partial charge in [0.1, 0.15) is 5.82 Å². The van der Waals surface area contributed by atoms with E-state index >= 15 is 0 Å². The molecule has 1 saturated carbocycles. The fourth-order valence-electron chi connectivity index (χ4n) is 1.93. The first kappa shape index (κ1) is 13.5. The Labute approximate surface area is 107 Å². The maximum atomic E-state index is 12.9. The van der Waals surface area contributed by atoms with Gasteiger partial charge in [-0.3, -0.25) is 0 Å². The van der Waals surface area contributed by atoms with Gasteiger partial charge in [-0.2, -0.15) is 0 Å². The molecule has 0 unspecified atom stereocenters. The van der Waals surface area contributed by atoms with Crippen LogP contribution in [0, 0.1) is 5.82 Å². The number of benzene rings is 1. The molecule has 2 rings (SSSR count). The number of rotatable bonds is 5. The maximum Gasteiger partial charge on any atom is 0.213 e. The Balaban J connectivity index is 2.08. The highest BCUT2D eigenvalue weighted by atomic mass is 32.2. The summed E-state index contributed by atoms with van der Waals surface area (Å²) >= 11 is 0. The van der Waals surface area contributed by atoms with Gasteiger partial charge in [-0.05, 0) is 44.4 Å². The molecule has 0 spiro atoms. The summed E-state index contributed by atoms with van der Waals surface area (Å²) in [5.74, 6) is -0.266. The highest BCUT2D eigenvalue weighted by Crippen LogP contribution is 2.47. The predicted molar refractivity (Wildman–Crippen MR) is 69.4 cm³/mol. The van der Waals surface area contributed by atoms with Crippen molar-refractivity contribution in [3.8, 4) is 0 Å². The fraction of sp³-hybridized carbons (Fsp3) is 0.538. The van der Waals surface area contributed by atoms with Crippen LogP contribution in [0.2, 0.25) is 0 Å². The van der Waals surface area contributed by atoms with E-state index in [1.165, 1.54) is 12.1 Å². The van der Waals surface area contributed by atoms with Crippen molar-refractivity contribution in [2.45, 2.75) is 37.4 Å². The normalized spacial score (nSPS) is 18.0. The Morgan fingerprint density at radius 2 is 1.83 bits per heavy atom. The summed E-state index contributed by atoms with van der Waals surface area (Å²) in [6, 6.07) is 6.33. The van der Waals surface area contributed by atoms with Crippen LogP contribution in [0.4, 0.5) is 4.39 Å². The monoisotopic (exact) mass is 271 g/mol. The summed E-state index contributed by atoms with van der Waals surface area (Å²) < 4.78 is 39.0. The summed E-state index contributed by atoms with van der Waals surface area (Å²) in [6.07, 6.45) is 1.89. The third-order valence-electron chi connectivity index (χ3n) is 3.54. The van der Waals surface area contributed by atoms with Crippen LogP contribution in [0.5, 0.6) is 0 Å². The van der Waals surface area contributed by atoms with E-state index in [-0.39, 0.29) is 11.2 Å². The van der Waals surface area contributed by atoms with Gasteiger partial charge in [-0.1, -0.05) is 12.1 Å². The van der Waals surface area contributed by atoms with Crippen LogP contribution in [0.1, 0.15) is 32.3 Å². The van der Waals surface area contributed by atoms with E-state index in [2.05, 4.69) is 4.72 Å². The second kappa shape index (κ2) is 4.63. The molecule has 1 aliphatic rings. The third-order valence-corrected chi connectivity index (χ3v) is 5.33. The second-order valence-electron chi connectivity index (χ2n) is 5.20. The minimum absolute atomic E-state index is 0.129. The van der Waals surface area contributed by atoms with Crippen LogP contribution >= 0.6 is 0 Å². The molecule has 0 bridgehead atoms. The van der Waals surface area contributed by atoms with Crippen molar-refractivity contribution >= 4 is 10.0 Å². The molecule has 0 amide bonds. The minimum atomic E-state index is -3.23. The number of hydrogen-bond donors (Lipinski definition) is 1. The molecular formula is C13H18FNO2S. The average molecular weight is 271 g/mol. The molecular weight excluding hydrogens is 253 g/mol. The van der Waals surface area contributed by atoms with Gasteiger partial charge in [0.25, 0.3) is 0 Å². The zero-order chi connectivity index (χ0) is 13.4. The van der Waals surface area contributed by atoms with Crippen molar-refractivity contribution < 1.29 is 12.8 Å². The topological polar surface area (TPSA) is 46.2 Å². The van der Waals surface area contributed by atoms with Crippen molar-refractivity contribution in [2.75, 3.05) is 6.54 Å². The molecule has 0 atom stereocenters. The molecule has 0 radical (unpaired) electrons. The molecule has 0 saturated heterocycles. The molecule has 3 nitrogen and oxygen atoms in total. The third kappa shape index (κ3) is 2.72. The van der Waals surface area contributed by atoms with E-state index in [0.717, 1.165) is 18.4 Å². The molecule has 0 heterocycles. The molecule has 0 aromatic heterocycles. The van der Waals surface area contributed by atoms with E-state index in [0.29, 0.717) is 6.54 Å². The Morgan fingerprint density at radius 3 is 2.28 bits per heavy atom. The first-order chi connectivity index (χ1) is 8.36. The fourth-order valence-corrected chi connectivity index (χ4v) is 2.74. The number of sulfonamides is 1. The summed E-state index contributed by atoms with van der Waals surface area (Å²) in [4.78, 5) is 0. The lowest BCUT2D eigenvalue weighted by Gasteiger charge is -2.18. The number of hydrogen-bond acceptors (Lipinski definition) is 2. The Bertz CT molecular complexity index is 518. The van der Waals surface area contributed by atoms with Gasteiger partial charge in [0.2, 0.25) is 10.0 Å². The quantitative estimate of drug-likeness (QED) is 0.892. The molecule has 1 aliphatic carbocycles. The van der Waals surface area contributed by atoms with Crippen molar-refractivity contribution in [3.05, 3.63) is 35.6 Å². The van der Waals surface area contributed by atoms with Crippen LogP contribution in [-0.4, -0.2) is 20.2 Å². The van der Waals surface area contributed by atoms with E-state index < -0.39 is 15.3 Å². The lowest BCUT2D eigenvalue weighted by atomic mass is 9.96. The van der Waals surface area contributed by atoms with Gasteiger partial charge >= 0.3 is 0 Å². The van der Waals surface area contributed by atoms with E-state index in [9.17, 15) is 12.8 Å². The largest absolute Gasteiger partial charge is 0.214 e. The first-order valence-corrected chi connectivity index (χ1v) is 7.65. The van der Waals surface area contributed by atoms with E-state index in [1.807, 2.05) is 0 Å². The zero-order valence-corrected chi connectivity index (χ0v) is 11.4. The molecule has 0 aliphatic heterocycles. The molecule has 18 heavy (non-hydrogen) atoms. The van der Waals surface area contributed by atoms with Crippen molar-refractivity contribution in [1.82, 2.24) is 4.72 Å². The van der Waals surface area contributed by atoms with Gasteiger partial charge in [-0.25, -0.2) is 17.5 Å². The number of nitrogens with one attached hydrogen (secondary N) is 1. The highest BCUT2D eigenvalue weighted by Gasteiger charge is 2.44. The minimum Gasteiger partial charge on any atom is -0.214 e. The average Bonchev–Trinajstić information content (AvgIpc) is 3.08. The van der Waals surface area contributed by atoms with Crippen molar-refractivity contribution in [1.29, 1.82) is 0 Å². The molecule has 1 N–H and O–H groups in total. The van der Waals surface area contributed by atoms with Gasteiger partial charge in [-0.15, -0.1) is 0 Å². The Morgan fingerprint density at radius 1 is 1.28 bits per heavy atom. The van der Waals surface area contributed by atoms with E-state index in [4.69, 9.17) is 0 Å². The summed E-state index contributed by atoms with van der Waals surface area (Å²) in [5, 5.41) is -0.429. The summed E-state index contributed by atoms with van der Waals surface area (Å²) in [5.41, 5.74) is 0.880. The highest BCUT2D eigenvalue weighted by molar-refractivity contribution is 7.90. The molecule has 100 valence electrons. The van der Waals surface area contributed by atoms with Crippen molar-refractivity contribution in [3.63, 3.8) is 0 Å². The van der Waals surface area contributed by atoms with Gasteiger partial charge in [0.15, 0.2) is 0 Å². The molecule has 1 aromatic rings. The van der Waals surface area contributed by atoms with Gasteiger partial charge in [0, 0.05) is 12.0 Å². The van der Waals surface area contributed by atoms with Crippen LogP contribution in [0.25, 0.3) is 0 Å². The lowest BCUT2D eigenvalue weighted by molar-refractivity contribution is 0.558. The molecule has 1 fully saturated rings. The standard InChI is InChI=1S/C13H18FNO2S/c1-10(2)18(16,17)15-9-13(7-8-13)11-3-5-12(14)6-4-11/h3-6,10,15H,7-9H2,1-2H3. The van der Waals surface area contributed by atoms with Crippen LogP contribution in [0.15, 0.2) is 24.3 Å². The lowest BCUT2D eigenvalue weighted by Crippen LogP contribution is -2.36. The summed E-state index contributed by atoms with van der Waals surface area (Å²) in [7, 11) is -3.23. The SMILES string of the molecule is CC(C)S(=O)(=O)NCC1(c2ccc(F)cc2)CC1. The van der Waals surface area contributed by atoms with Crippen LogP contribution in [0.3, 0.4) is 0 Å². The Kier molecular flexibility index (Phi) is 3.47. The Hall–Kier alpha value is -0.940. The van der Waals surface area contributed by atoms with Crippen molar-refractivity contribution in [2.24, 2.45) is 0 Å². The molecule has 1 aromatic carbocycles. The second-order valence-corrected chi connectivity index (χ2v) is 7.52. The predicted octanol–water partition coefficient (Wildman–Crippen LogP) is 2.19. The van der Waals surface area contributed by atoms with Crippen LogP contribution < -0.4 is 4.72 Å². The summed E-state index contributed by atoms with van der Waals surface area (Å²) in [6.45, 7) is 3.71. The molecule has 5 heteroatoms. The smallest absolute Gasteiger partial charge is 0.213 e. The maximum absolute atomic E-state index is 12.9. The number of halogens is 1. The zero-order valence-electron chi connectivity index (χ0n) is 10.6. The van der Waals surface area contributed by atoms with Crippen LogP contribution in [-0.2, 0) is 15.4 Å². The van der Waals surface area contributed by atoms with Gasteiger partial charge < -0.3 is 0 Å². The van der Waals surface area contributed by atoms with Gasteiger partial charge in [0.05, 0.1) is 5.25 Å². The first-order valence-electron chi connectivity index (χ1n) is 6.10. The van der Waals surface area contributed by atoms with E-state index in [1.54, 1.807) is 26.0 Å².